The van der Waals surface area contributed by atoms with E-state index in [0.29, 0.717) is 25.2 Å². The zero-order valence-corrected chi connectivity index (χ0v) is 15.0. The molecule has 0 bridgehead atoms. The van der Waals surface area contributed by atoms with Crippen molar-refractivity contribution >= 4 is 11.8 Å². The lowest BCUT2D eigenvalue weighted by Gasteiger charge is -2.33. The van der Waals surface area contributed by atoms with Crippen molar-refractivity contribution in [2.75, 3.05) is 18.0 Å². The first-order valence-corrected chi connectivity index (χ1v) is 9.14. The number of hydrogen-bond acceptors (Lipinski definition) is 7. The van der Waals surface area contributed by atoms with Crippen LogP contribution in [0.5, 0.6) is 0 Å². The normalized spacial score (nSPS) is 20.2. The highest BCUT2D eigenvalue weighted by molar-refractivity contribution is 5.73. The first kappa shape index (κ1) is 18.6. The Morgan fingerprint density at radius 2 is 2.11 bits per heavy atom. The quantitative estimate of drug-likeness (QED) is 0.717. The monoisotopic (exact) mass is 396 g/mol. The largest absolute Gasteiger partial charge is 0.457 e. The van der Waals surface area contributed by atoms with E-state index < -0.39 is 23.6 Å². The number of alkyl halides is 3. The predicted molar refractivity (Wildman–Crippen MR) is 90.1 cm³/mol. The Labute approximate surface area is 158 Å². The van der Waals surface area contributed by atoms with E-state index in [2.05, 4.69) is 20.5 Å². The molecule has 0 radical (unpaired) electrons. The molecule has 1 saturated heterocycles. The molecule has 0 spiro atoms. The molecule has 0 amide bonds. The molecule has 4 rings (SSSR count). The maximum absolute atomic E-state index is 13.3. The molecule has 0 N–H and O–H groups in total. The predicted octanol–water partition coefficient (Wildman–Crippen LogP) is 2.38. The fraction of sp³-hybridized carbons (Fsp3) is 0.588. The number of nitrogens with zero attached hydrogens (tertiary/aromatic N) is 6. The molecule has 8 nitrogen and oxygen atoms in total. The van der Waals surface area contributed by atoms with E-state index in [-0.39, 0.29) is 25.0 Å². The van der Waals surface area contributed by atoms with E-state index in [1.165, 1.54) is 17.2 Å². The van der Waals surface area contributed by atoms with Gasteiger partial charge in [-0.1, -0.05) is 0 Å². The number of hydrogen-bond donors (Lipinski definition) is 0. The van der Waals surface area contributed by atoms with Gasteiger partial charge in [0.2, 0.25) is 0 Å². The lowest BCUT2D eigenvalue weighted by molar-refractivity contribution is -0.150. The van der Waals surface area contributed by atoms with Gasteiger partial charge in [-0.05, 0) is 48.2 Å². The van der Waals surface area contributed by atoms with Gasteiger partial charge in [-0.25, -0.2) is 9.67 Å². The number of ether oxygens (including phenoxy) is 1. The molecule has 2 aromatic heterocycles. The highest BCUT2D eigenvalue weighted by atomic mass is 19.4. The molecule has 1 saturated carbocycles. The van der Waals surface area contributed by atoms with E-state index in [4.69, 9.17) is 4.74 Å². The van der Waals surface area contributed by atoms with Gasteiger partial charge >= 0.3 is 12.1 Å². The molecule has 11 heteroatoms. The zero-order valence-electron chi connectivity index (χ0n) is 15.0. The number of rotatable bonds is 5. The van der Waals surface area contributed by atoms with Crippen molar-refractivity contribution in [3.63, 3.8) is 0 Å². The van der Waals surface area contributed by atoms with E-state index in [1.54, 1.807) is 4.68 Å². The van der Waals surface area contributed by atoms with Gasteiger partial charge in [0.05, 0.1) is 17.5 Å². The number of halogens is 3. The van der Waals surface area contributed by atoms with Crippen LogP contribution in [0.15, 0.2) is 18.3 Å². The highest BCUT2D eigenvalue weighted by Gasteiger charge is 2.37. The molecule has 150 valence electrons. The summed E-state index contributed by atoms with van der Waals surface area (Å²) in [6.45, 7) is 0.493. The first-order valence-electron chi connectivity index (χ1n) is 9.14. The van der Waals surface area contributed by atoms with Crippen molar-refractivity contribution in [2.45, 2.75) is 44.5 Å². The number of aromatic nitrogens is 5. The fourth-order valence-corrected chi connectivity index (χ4v) is 3.40. The summed E-state index contributed by atoms with van der Waals surface area (Å²) >= 11 is 0. The van der Waals surface area contributed by atoms with E-state index in [0.717, 1.165) is 18.9 Å². The van der Waals surface area contributed by atoms with Crippen LogP contribution in [0.3, 0.4) is 0 Å². The summed E-state index contributed by atoms with van der Waals surface area (Å²) in [5.41, 5.74) is -0.798. The summed E-state index contributed by atoms with van der Waals surface area (Å²) in [4.78, 5) is 17.9. The third kappa shape index (κ3) is 3.92. The van der Waals surface area contributed by atoms with Crippen molar-refractivity contribution in [1.82, 2.24) is 25.2 Å². The smallest absolute Gasteiger partial charge is 0.419 e. The summed E-state index contributed by atoms with van der Waals surface area (Å²) in [6, 6.07) is 2.52. The van der Waals surface area contributed by atoms with Gasteiger partial charge in [0.25, 0.3) is 0 Å². The van der Waals surface area contributed by atoms with Crippen molar-refractivity contribution in [3.05, 3.63) is 29.7 Å². The Morgan fingerprint density at radius 1 is 1.29 bits per heavy atom. The second-order valence-corrected chi connectivity index (χ2v) is 7.04. The molecule has 2 aromatic rings. The maximum atomic E-state index is 13.3. The summed E-state index contributed by atoms with van der Waals surface area (Å²) in [6.07, 6.45) is -0.0595. The van der Waals surface area contributed by atoms with Gasteiger partial charge < -0.3 is 9.64 Å². The van der Waals surface area contributed by atoms with Crippen LogP contribution < -0.4 is 4.90 Å². The van der Waals surface area contributed by atoms with Gasteiger partial charge in [-0.2, -0.15) is 13.2 Å². The van der Waals surface area contributed by atoms with Crippen molar-refractivity contribution in [3.8, 4) is 0 Å². The average molecular weight is 396 g/mol. The molecule has 1 unspecified atom stereocenters. The molecular weight excluding hydrogens is 377 g/mol. The molecular formula is C17H19F3N6O2. The zero-order chi connectivity index (χ0) is 19.7. The van der Waals surface area contributed by atoms with Crippen LogP contribution in [0, 0.1) is 5.92 Å². The molecule has 0 aromatic carbocycles. The fourth-order valence-electron chi connectivity index (χ4n) is 3.40. The summed E-state index contributed by atoms with van der Waals surface area (Å²) in [7, 11) is 0. The van der Waals surface area contributed by atoms with Crippen LogP contribution in [0.2, 0.25) is 0 Å². The molecule has 3 heterocycles. The second-order valence-electron chi connectivity index (χ2n) is 7.04. The lowest BCUT2D eigenvalue weighted by Crippen LogP contribution is -2.40. The van der Waals surface area contributed by atoms with Gasteiger partial charge in [0, 0.05) is 19.3 Å². The van der Waals surface area contributed by atoms with Crippen molar-refractivity contribution in [1.29, 1.82) is 0 Å². The number of pyridine rings is 1. The maximum Gasteiger partial charge on any atom is 0.419 e. The Bertz CT molecular complexity index is 851. The number of carbonyl (C=O) groups is 1. The van der Waals surface area contributed by atoms with Gasteiger partial charge in [-0.15, -0.1) is 5.10 Å². The van der Waals surface area contributed by atoms with Crippen molar-refractivity contribution in [2.24, 2.45) is 5.92 Å². The van der Waals surface area contributed by atoms with Gasteiger partial charge in [-0.3, -0.25) is 4.79 Å². The lowest BCUT2D eigenvalue weighted by atomic mass is 9.98. The topological polar surface area (TPSA) is 86.0 Å². The minimum Gasteiger partial charge on any atom is -0.457 e. The summed E-state index contributed by atoms with van der Waals surface area (Å²) < 4.78 is 46.8. The van der Waals surface area contributed by atoms with E-state index in [9.17, 15) is 18.0 Å². The SMILES string of the molecule is O=C(OCc1nnnn1C1CC1)C1CCCN(c2ncccc2C(F)(F)F)C1. The van der Waals surface area contributed by atoms with Crippen LogP contribution in [0.4, 0.5) is 19.0 Å². The standard InChI is InChI=1S/C17H19F3N6O2/c18-17(19,20)13-4-1-7-21-15(13)25-8-2-3-11(9-25)16(27)28-10-14-22-23-24-26(14)12-5-6-12/h1,4,7,11-12H,2-3,5-6,8-10H2. The Kier molecular flexibility index (Phi) is 4.90. The molecule has 1 atom stereocenters. The third-order valence-corrected chi connectivity index (χ3v) is 4.94. The first-order chi connectivity index (χ1) is 13.4. The summed E-state index contributed by atoms with van der Waals surface area (Å²) in [5, 5.41) is 11.4. The average Bonchev–Trinajstić information content (AvgIpc) is 3.43. The highest BCUT2D eigenvalue weighted by Crippen LogP contribution is 2.37. The van der Waals surface area contributed by atoms with Gasteiger partial charge in [0.1, 0.15) is 5.82 Å². The summed E-state index contributed by atoms with van der Waals surface area (Å²) in [5.74, 6) is -0.653. The minimum atomic E-state index is -4.50. The van der Waals surface area contributed by atoms with Crippen LogP contribution >= 0.6 is 0 Å². The number of esters is 1. The third-order valence-electron chi connectivity index (χ3n) is 4.94. The molecule has 2 fully saturated rings. The van der Waals surface area contributed by atoms with Gasteiger partial charge in [0.15, 0.2) is 12.4 Å². The molecule has 1 aliphatic carbocycles. The Morgan fingerprint density at radius 3 is 2.86 bits per heavy atom. The van der Waals surface area contributed by atoms with Crippen LogP contribution in [-0.4, -0.2) is 44.3 Å². The number of tetrazole rings is 1. The molecule has 1 aliphatic heterocycles. The van der Waals surface area contributed by atoms with Crippen LogP contribution in [0.25, 0.3) is 0 Å². The van der Waals surface area contributed by atoms with Crippen molar-refractivity contribution < 1.29 is 22.7 Å². The number of anilines is 1. The Hall–Kier alpha value is -2.72. The minimum absolute atomic E-state index is 0.0454. The second kappa shape index (κ2) is 7.36. The molecule has 28 heavy (non-hydrogen) atoms. The number of piperidine rings is 1. The van der Waals surface area contributed by atoms with Crippen LogP contribution in [-0.2, 0) is 22.3 Å². The van der Waals surface area contributed by atoms with E-state index >= 15 is 0 Å². The number of carbonyl (C=O) groups excluding carboxylic acids is 1. The van der Waals surface area contributed by atoms with E-state index in [1.807, 2.05) is 0 Å². The van der Waals surface area contributed by atoms with Crippen LogP contribution in [0.1, 0.15) is 43.1 Å². The molecule has 2 aliphatic rings. The Balaban J connectivity index is 1.41.